The highest BCUT2D eigenvalue weighted by molar-refractivity contribution is 5.57. The van der Waals surface area contributed by atoms with Gasteiger partial charge in [0.25, 0.3) is 0 Å². The van der Waals surface area contributed by atoms with Crippen molar-refractivity contribution in [2.75, 3.05) is 24.3 Å². The Morgan fingerprint density at radius 3 is 2.47 bits per heavy atom. The fourth-order valence-corrected chi connectivity index (χ4v) is 1.25. The van der Waals surface area contributed by atoms with Gasteiger partial charge in [0.05, 0.1) is 12.1 Å². The van der Waals surface area contributed by atoms with Crippen molar-refractivity contribution in [1.29, 1.82) is 0 Å². The van der Waals surface area contributed by atoms with Gasteiger partial charge in [0.15, 0.2) is 0 Å². The SMILES string of the molecule is CN(c1cc(N)cc(F)c1)C(C)(C)CO. The molecule has 3 N–H and O–H groups in total. The number of halogens is 1. The van der Waals surface area contributed by atoms with Crippen LogP contribution < -0.4 is 10.6 Å². The molecule has 4 heteroatoms. The summed E-state index contributed by atoms with van der Waals surface area (Å²) in [5.74, 6) is -0.370. The zero-order chi connectivity index (χ0) is 11.6. The molecule has 0 heterocycles. The van der Waals surface area contributed by atoms with Crippen LogP contribution in [0.3, 0.4) is 0 Å². The van der Waals surface area contributed by atoms with E-state index in [-0.39, 0.29) is 12.4 Å². The molecule has 0 fully saturated rings. The van der Waals surface area contributed by atoms with Crippen molar-refractivity contribution in [2.24, 2.45) is 0 Å². The van der Waals surface area contributed by atoms with Gasteiger partial charge in [0.2, 0.25) is 0 Å². The monoisotopic (exact) mass is 212 g/mol. The standard InChI is InChI=1S/C11H17FN2O/c1-11(2,7-15)14(3)10-5-8(12)4-9(13)6-10/h4-6,15H,7,13H2,1-3H3. The topological polar surface area (TPSA) is 49.5 Å². The summed E-state index contributed by atoms with van der Waals surface area (Å²) in [4.78, 5) is 1.80. The van der Waals surface area contributed by atoms with Gasteiger partial charge in [-0.1, -0.05) is 0 Å². The average molecular weight is 212 g/mol. The maximum absolute atomic E-state index is 13.1. The van der Waals surface area contributed by atoms with Crippen LogP contribution in [-0.4, -0.2) is 24.3 Å². The largest absolute Gasteiger partial charge is 0.399 e. The van der Waals surface area contributed by atoms with Crippen LogP contribution in [0.1, 0.15) is 13.8 Å². The third-order valence-corrected chi connectivity index (χ3v) is 2.59. The summed E-state index contributed by atoms with van der Waals surface area (Å²) < 4.78 is 13.1. The minimum atomic E-state index is -0.444. The average Bonchev–Trinajstić information content (AvgIpc) is 2.15. The van der Waals surface area contributed by atoms with Crippen LogP contribution in [0.4, 0.5) is 15.8 Å². The zero-order valence-corrected chi connectivity index (χ0v) is 9.29. The Hall–Kier alpha value is -1.29. The van der Waals surface area contributed by atoms with Gasteiger partial charge < -0.3 is 15.7 Å². The quantitative estimate of drug-likeness (QED) is 0.748. The molecule has 0 aliphatic carbocycles. The Kier molecular flexibility index (Phi) is 3.19. The Morgan fingerprint density at radius 1 is 1.40 bits per heavy atom. The smallest absolute Gasteiger partial charge is 0.127 e. The first-order valence-electron chi connectivity index (χ1n) is 4.77. The molecular formula is C11H17FN2O. The summed E-state index contributed by atoms with van der Waals surface area (Å²) in [5, 5.41) is 9.20. The number of rotatable bonds is 3. The van der Waals surface area contributed by atoms with E-state index < -0.39 is 5.54 Å². The molecule has 0 saturated heterocycles. The molecule has 0 spiro atoms. The van der Waals surface area contributed by atoms with E-state index in [9.17, 15) is 9.50 Å². The number of aliphatic hydroxyl groups is 1. The van der Waals surface area contributed by atoms with Gasteiger partial charge in [-0.2, -0.15) is 0 Å². The van der Waals surface area contributed by atoms with Gasteiger partial charge in [-0.3, -0.25) is 0 Å². The molecule has 84 valence electrons. The minimum Gasteiger partial charge on any atom is -0.399 e. The van der Waals surface area contributed by atoms with Crippen LogP contribution in [0.5, 0.6) is 0 Å². The number of hydrogen-bond donors (Lipinski definition) is 2. The highest BCUT2D eigenvalue weighted by atomic mass is 19.1. The predicted octanol–water partition coefficient (Wildman–Crippen LogP) is 1.61. The maximum atomic E-state index is 13.1. The number of aliphatic hydroxyl groups excluding tert-OH is 1. The number of benzene rings is 1. The molecule has 0 radical (unpaired) electrons. The lowest BCUT2D eigenvalue weighted by atomic mass is 10.0. The number of nitrogens with two attached hydrogens (primary N) is 1. The molecule has 1 aromatic rings. The minimum absolute atomic E-state index is 0.0140. The third-order valence-electron chi connectivity index (χ3n) is 2.59. The fraction of sp³-hybridized carbons (Fsp3) is 0.455. The third kappa shape index (κ3) is 2.59. The lowest BCUT2D eigenvalue weighted by Crippen LogP contribution is -2.44. The second-order valence-corrected chi connectivity index (χ2v) is 4.27. The summed E-state index contributed by atoms with van der Waals surface area (Å²) in [7, 11) is 1.80. The normalized spacial score (nSPS) is 11.5. The highest BCUT2D eigenvalue weighted by Gasteiger charge is 2.23. The molecule has 0 unspecified atom stereocenters. The van der Waals surface area contributed by atoms with Crippen molar-refractivity contribution < 1.29 is 9.50 Å². The van der Waals surface area contributed by atoms with E-state index in [1.54, 1.807) is 18.0 Å². The second-order valence-electron chi connectivity index (χ2n) is 4.27. The van der Waals surface area contributed by atoms with Crippen LogP contribution in [0.25, 0.3) is 0 Å². The van der Waals surface area contributed by atoms with Crippen LogP contribution in [0.15, 0.2) is 18.2 Å². The fourth-order valence-electron chi connectivity index (χ4n) is 1.25. The van der Waals surface area contributed by atoms with Crippen LogP contribution in [0, 0.1) is 5.82 Å². The Bertz CT molecular complexity index is 332. The van der Waals surface area contributed by atoms with E-state index in [0.717, 1.165) is 0 Å². The lowest BCUT2D eigenvalue weighted by Gasteiger charge is -2.36. The first-order chi connectivity index (χ1) is 6.86. The van der Waals surface area contributed by atoms with Crippen molar-refractivity contribution in [3.05, 3.63) is 24.0 Å². The van der Waals surface area contributed by atoms with Gasteiger partial charge in [0.1, 0.15) is 5.82 Å². The molecule has 0 atom stereocenters. The number of likely N-dealkylation sites (N-methyl/N-ethyl adjacent to an activating group) is 1. The molecule has 1 rings (SSSR count). The first-order valence-corrected chi connectivity index (χ1v) is 4.77. The molecule has 0 amide bonds. The number of anilines is 2. The second kappa shape index (κ2) is 4.06. The molecule has 0 bridgehead atoms. The molecule has 0 saturated carbocycles. The van der Waals surface area contributed by atoms with Crippen molar-refractivity contribution >= 4 is 11.4 Å². The number of nitrogens with zero attached hydrogens (tertiary/aromatic N) is 1. The van der Waals surface area contributed by atoms with E-state index in [2.05, 4.69) is 0 Å². The zero-order valence-electron chi connectivity index (χ0n) is 9.29. The number of hydrogen-bond acceptors (Lipinski definition) is 3. The molecule has 0 aromatic heterocycles. The van der Waals surface area contributed by atoms with Crippen molar-refractivity contribution in [3.8, 4) is 0 Å². The summed E-state index contributed by atoms with van der Waals surface area (Å²) in [5.41, 5.74) is 6.15. The molecular weight excluding hydrogens is 195 g/mol. The molecule has 1 aromatic carbocycles. The van der Waals surface area contributed by atoms with Crippen LogP contribution >= 0.6 is 0 Å². The predicted molar refractivity (Wildman–Crippen MR) is 60.4 cm³/mol. The van der Waals surface area contributed by atoms with Crippen LogP contribution in [-0.2, 0) is 0 Å². The van der Waals surface area contributed by atoms with Gasteiger partial charge in [0, 0.05) is 18.4 Å². The van der Waals surface area contributed by atoms with E-state index in [4.69, 9.17) is 5.73 Å². The number of nitrogen functional groups attached to an aromatic ring is 1. The molecule has 15 heavy (non-hydrogen) atoms. The highest BCUT2D eigenvalue weighted by Crippen LogP contribution is 2.24. The van der Waals surface area contributed by atoms with Crippen molar-refractivity contribution in [2.45, 2.75) is 19.4 Å². The van der Waals surface area contributed by atoms with Gasteiger partial charge in [-0.05, 0) is 32.0 Å². The summed E-state index contributed by atoms with van der Waals surface area (Å²) in [6.07, 6.45) is 0. The lowest BCUT2D eigenvalue weighted by molar-refractivity contribution is 0.216. The molecule has 0 aliphatic rings. The van der Waals surface area contributed by atoms with E-state index >= 15 is 0 Å². The summed E-state index contributed by atoms with van der Waals surface area (Å²) in [6, 6.07) is 4.34. The van der Waals surface area contributed by atoms with Gasteiger partial charge in [-0.25, -0.2) is 4.39 Å². The van der Waals surface area contributed by atoms with Gasteiger partial charge in [-0.15, -0.1) is 0 Å². The summed E-state index contributed by atoms with van der Waals surface area (Å²) >= 11 is 0. The Morgan fingerprint density at radius 2 is 2.00 bits per heavy atom. The van der Waals surface area contributed by atoms with Crippen LogP contribution in [0.2, 0.25) is 0 Å². The first kappa shape index (κ1) is 11.8. The molecule has 3 nitrogen and oxygen atoms in total. The maximum Gasteiger partial charge on any atom is 0.127 e. The van der Waals surface area contributed by atoms with E-state index in [0.29, 0.717) is 11.4 Å². The van der Waals surface area contributed by atoms with E-state index in [1.165, 1.54) is 12.1 Å². The van der Waals surface area contributed by atoms with Gasteiger partial charge >= 0.3 is 0 Å². The van der Waals surface area contributed by atoms with E-state index in [1.807, 2.05) is 13.8 Å². The van der Waals surface area contributed by atoms with Crippen molar-refractivity contribution in [1.82, 2.24) is 0 Å². The Labute approximate surface area is 89.3 Å². The molecule has 0 aliphatic heterocycles. The Balaban J connectivity index is 3.06. The summed E-state index contributed by atoms with van der Waals surface area (Å²) in [6.45, 7) is 3.72. The van der Waals surface area contributed by atoms with Crippen molar-refractivity contribution in [3.63, 3.8) is 0 Å².